The highest BCUT2D eigenvalue weighted by molar-refractivity contribution is 5.69. The third-order valence-corrected chi connectivity index (χ3v) is 2.09. The highest BCUT2D eigenvalue weighted by Gasteiger charge is 2.02. The van der Waals surface area contributed by atoms with Gasteiger partial charge in [-0.05, 0) is 25.7 Å². The molecule has 0 N–H and O–H groups in total. The number of unbranched alkanes of at least 4 members (excludes halogenated alkanes) is 3. The molecule has 0 radical (unpaired) electrons. The van der Waals surface area contributed by atoms with Gasteiger partial charge in [0.2, 0.25) is 0 Å². The molecule has 0 aliphatic rings. The molecule has 0 aromatic heterocycles. The van der Waals surface area contributed by atoms with Gasteiger partial charge in [-0.15, -0.1) is 0 Å². The van der Waals surface area contributed by atoms with Crippen molar-refractivity contribution in [3.05, 3.63) is 0 Å². The maximum absolute atomic E-state index is 11.2. The van der Waals surface area contributed by atoms with Gasteiger partial charge in [0.25, 0.3) is 0 Å². The largest absolute Gasteiger partial charge is 0.466 e. The lowest BCUT2D eigenvalue weighted by Crippen LogP contribution is -2.06. The Morgan fingerprint density at radius 2 is 1.62 bits per heavy atom. The summed E-state index contributed by atoms with van der Waals surface area (Å²) in [6, 6.07) is 0. The topological polar surface area (TPSA) is 52.6 Å². The Morgan fingerprint density at radius 1 is 0.938 bits per heavy atom. The smallest absolute Gasteiger partial charge is 0.305 e. The Kier molecular flexibility index (Phi) is 9.76. The van der Waals surface area contributed by atoms with Crippen LogP contribution in [0.25, 0.3) is 0 Å². The predicted octanol–water partition coefficient (Wildman–Crippen LogP) is 2.45. The molecule has 4 heteroatoms. The minimum absolute atomic E-state index is 0.124. The standard InChI is InChI=1S/C12H22O4/c1-3-4-9-16-12(14)8-6-5-7-10-15-11(2)13/h3-10H2,1-2H3. The molecule has 0 aromatic rings. The van der Waals surface area contributed by atoms with Gasteiger partial charge in [-0.2, -0.15) is 0 Å². The summed E-state index contributed by atoms with van der Waals surface area (Å²) in [5.74, 6) is -0.375. The molecular formula is C12H22O4. The summed E-state index contributed by atoms with van der Waals surface area (Å²) in [5, 5.41) is 0. The van der Waals surface area contributed by atoms with Crippen molar-refractivity contribution in [3.8, 4) is 0 Å². The second-order valence-electron chi connectivity index (χ2n) is 3.72. The zero-order valence-electron chi connectivity index (χ0n) is 10.3. The number of carbonyl (C=O) groups is 2. The Balaban J connectivity index is 3.18. The average molecular weight is 230 g/mol. The Hall–Kier alpha value is -1.06. The molecule has 4 nitrogen and oxygen atoms in total. The van der Waals surface area contributed by atoms with E-state index in [-0.39, 0.29) is 11.9 Å². The molecule has 0 unspecified atom stereocenters. The van der Waals surface area contributed by atoms with Crippen LogP contribution in [0.15, 0.2) is 0 Å². The summed E-state index contributed by atoms with van der Waals surface area (Å²) in [4.78, 5) is 21.6. The zero-order chi connectivity index (χ0) is 12.2. The molecular weight excluding hydrogens is 208 g/mol. The summed E-state index contributed by atoms with van der Waals surface area (Å²) in [6.07, 6.45) is 4.92. The van der Waals surface area contributed by atoms with Gasteiger partial charge in [0.15, 0.2) is 0 Å². The van der Waals surface area contributed by atoms with Gasteiger partial charge in [-0.25, -0.2) is 0 Å². The van der Waals surface area contributed by atoms with Gasteiger partial charge in [0.05, 0.1) is 13.2 Å². The van der Waals surface area contributed by atoms with Crippen LogP contribution in [0.1, 0.15) is 52.4 Å². The SMILES string of the molecule is CCCCOC(=O)CCCCCOC(C)=O. The maximum Gasteiger partial charge on any atom is 0.305 e. The number of ether oxygens (including phenoxy) is 2. The molecule has 0 aliphatic heterocycles. The molecule has 0 rings (SSSR count). The number of carbonyl (C=O) groups excluding carboxylic acids is 2. The highest BCUT2D eigenvalue weighted by Crippen LogP contribution is 2.02. The van der Waals surface area contributed by atoms with Crippen LogP contribution in [0.3, 0.4) is 0 Å². The van der Waals surface area contributed by atoms with E-state index < -0.39 is 0 Å². The van der Waals surface area contributed by atoms with E-state index in [1.165, 1.54) is 6.92 Å². The Labute approximate surface area is 97.3 Å². The van der Waals surface area contributed by atoms with Gasteiger partial charge >= 0.3 is 11.9 Å². The molecule has 0 aliphatic carbocycles. The van der Waals surface area contributed by atoms with Crippen LogP contribution >= 0.6 is 0 Å². The van der Waals surface area contributed by atoms with E-state index in [2.05, 4.69) is 6.92 Å². The number of esters is 2. The van der Waals surface area contributed by atoms with E-state index in [0.717, 1.165) is 32.1 Å². The van der Waals surface area contributed by atoms with Crippen molar-refractivity contribution in [1.29, 1.82) is 0 Å². The molecule has 0 bridgehead atoms. The van der Waals surface area contributed by atoms with Crippen molar-refractivity contribution >= 4 is 11.9 Å². The number of hydrogen-bond donors (Lipinski definition) is 0. The molecule has 0 aromatic carbocycles. The second-order valence-corrected chi connectivity index (χ2v) is 3.72. The first-order valence-electron chi connectivity index (χ1n) is 5.95. The van der Waals surface area contributed by atoms with Crippen molar-refractivity contribution in [2.75, 3.05) is 13.2 Å². The average Bonchev–Trinajstić information content (AvgIpc) is 2.23. The summed E-state index contributed by atoms with van der Waals surface area (Å²) >= 11 is 0. The fraction of sp³-hybridized carbons (Fsp3) is 0.833. The predicted molar refractivity (Wildman–Crippen MR) is 61.0 cm³/mol. The van der Waals surface area contributed by atoms with Crippen LogP contribution in [-0.4, -0.2) is 25.2 Å². The number of rotatable bonds is 9. The highest BCUT2D eigenvalue weighted by atomic mass is 16.5. The van der Waals surface area contributed by atoms with E-state index in [0.29, 0.717) is 19.6 Å². The molecule has 0 atom stereocenters. The van der Waals surface area contributed by atoms with Crippen molar-refractivity contribution in [2.24, 2.45) is 0 Å². The molecule has 0 amide bonds. The first-order valence-corrected chi connectivity index (χ1v) is 5.95. The molecule has 0 spiro atoms. The first-order chi connectivity index (χ1) is 7.66. The van der Waals surface area contributed by atoms with E-state index in [9.17, 15) is 9.59 Å². The summed E-state index contributed by atoms with van der Waals surface area (Å²) in [6.45, 7) is 4.43. The minimum atomic E-state index is -0.251. The molecule has 0 saturated heterocycles. The number of hydrogen-bond acceptors (Lipinski definition) is 4. The van der Waals surface area contributed by atoms with Gasteiger partial charge in [-0.1, -0.05) is 13.3 Å². The van der Waals surface area contributed by atoms with E-state index in [4.69, 9.17) is 9.47 Å². The molecule has 0 saturated carbocycles. The lowest BCUT2D eigenvalue weighted by Gasteiger charge is -2.04. The fourth-order valence-electron chi connectivity index (χ4n) is 1.17. The second kappa shape index (κ2) is 10.5. The summed E-state index contributed by atoms with van der Waals surface area (Å²) in [5.41, 5.74) is 0. The minimum Gasteiger partial charge on any atom is -0.466 e. The lowest BCUT2D eigenvalue weighted by molar-refractivity contribution is -0.144. The van der Waals surface area contributed by atoms with Gasteiger partial charge in [0.1, 0.15) is 0 Å². The first kappa shape index (κ1) is 14.9. The van der Waals surface area contributed by atoms with Crippen LogP contribution in [0.4, 0.5) is 0 Å². The summed E-state index contributed by atoms with van der Waals surface area (Å²) < 4.78 is 9.78. The molecule has 94 valence electrons. The van der Waals surface area contributed by atoms with Crippen LogP contribution < -0.4 is 0 Å². The quantitative estimate of drug-likeness (QED) is 0.451. The van der Waals surface area contributed by atoms with Gasteiger partial charge in [-0.3, -0.25) is 9.59 Å². The fourth-order valence-corrected chi connectivity index (χ4v) is 1.17. The van der Waals surface area contributed by atoms with Gasteiger partial charge in [0, 0.05) is 13.3 Å². The van der Waals surface area contributed by atoms with Crippen molar-refractivity contribution in [1.82, 2.24) is 0 Å². The van der Waals surface area contributed by atoms with Crippen LogP contribution in [0.5, 0.6) is 0 Å². The van der Waals surface area contributed by atoms with Crippen molar-refractivity contribution in [3.63, 3.8) is 0 Å². The van der Waals surface area contributed by atoms with E-state index in [1.54, 1.807) is 0 Å². The third-order valence-electron chi connectivity index (χ3n) is 2.09. The Bertz CT molecular complexity index is 201. The van der Waals surface area contributed by atoms with Crippen LogP contribution in [0.2, 0.25) is 0 Å². The van der Waals surface area contributed by atoms with Crippen LogP contribution in [-0.2, 0) is 19.1 Å². The van der Waals surface area contributed by atoms with Crippen molar-refractivity contribution in [2.45, 2.75) is 52.4 Å². The normalized spacial score (nSPS) is 9.88. The molecule has 0 fully saturated rings. The van der Waals surface area contributed by atoms with Crippen LogP contribution in [0, 0.1) is 0 Å². The zero-order valence-corrected chi connectivity index (χ0v) is 10.3. The monoisotopic (exact) mass is 230 g/mol. The van der Waals surface area contributed by atoms with E-state index >= 15 is 0 Å². The van der Waals surface area contributed by atoms with E-state index in [1.807, 2.05) is 0 Å². The maximum atomic E-state index is 11.2. The summed E-state index contributed by atoms with van der Waals surface area (Å²) in [7, 11) is 0. The molecule has 0 heterocycles. The van der Waals surface area contributed by atoms with Crippen molar-refractivity contribution < 1.29 is 19.1 Å². The van der Waals surface area contributed by atoms with Gasteiger partial charge < -0.3 is 9.47 Å². The molecule has 16 heavy (non-hydrogen) atoms. The lowest BCUT2D eigenvalue weighted by atomic mass is 10.2. The Morgan fingerprint density at radius 3 is 2.25 bits per heavy atom. The third kappa shape index (κ3) is 11.0.